The van der Waals surface area contributed by atoms with Crippen molar-refractivity contribution in [3.05, 3.63) is 36.5 Å². The number of carbonyl (C=O) groups excluding carboxylic acids is 1. The Morgan fingerprint density at radius 3 is 3.12 bits per heavy atom. The first-order valence-electron chi connectivity index (χ1n) is 5.47. The molecule has 0 aliphatic carbocycles. The molecule has 2 amide bonds. The molecule has 0 saturated heterocycles. The fraction of sp³-hybridized carbons (Fsp3) is 0.333. The summed E-state index contributed by atoms with van der Waals surface area (Å²) in [7, 11) is 0. The van der Waals surface area contributed by atoms with E-state index in [1.165, 1.54) is 0 Å². The zero-order chi connectivity index (χ0) is 12.5. The predicted octanol–water partition coefficient (Wildman–Crippen LogP) is 1.47. The van der Waals surface area contributed by atoms with Gasteiger partial charge in [-0.3, -0.25) is 0 Å². The molecule has 0 atom stereocenters. The molecule has 0 aliphatic rings. The van der Waals surface area contributed by atoms with Gasteiger partial charge in [0.25, 0.3) is 0 Å². The van der Waals surface area contributed by atoms with Crippen LogP contribution in [-0.4, -0.2) is 24.2 Å². The summed E-state index contributed by atoms with van der Waals surface area (Å²) in [5.41, 5.74) is 0.850. The van der Waals surface area contributed by atoms with E-state index in [1.54, 1.807) is 18.3 Å². The molecule has 2 N–H and O–H groups in total. The molecule has 5 nitrogen and oxygen atoms in total. The van der Waals surface area contributed by atoms with Crippen LogP contribution in [0.25, 0.3) is 0 Å². The van der Waals surface area contributed by atoms with Gasteiger partial charge in [0.15, 0.2) is 0 Å². The molecule has 1 heterocycles. The first-order chi connectivity index (χ1) is 8.27. The minimum absolute atomic E-state index is 0.240. The van der Waals surface area contributed by atoms with Gasteiger partial charge in [0.05, 0.1) is 6.61 Å². The number of pyridine rings is 1. The van der Waals surface area contributed by atoms with Crippen LogP contribution in [0.4, 0.5) is 4.79 Å². The molecule has 0 radical (unpaired) electrons. The topological polar surface area (TPSA) is 63.2 Å². The summed E-state index contributed by atoms with van der Waals surface area (Å²) in [6.45, 7) is 6.78. The first-order valence-corrected chi connectivity index (χ1v) is 5.47. The largest absolute Gasteiger partial charge is 0.478 e. The van der Waals surface area contributed by atoms with Gasteiger partial charge in [0.2, 0.25) is 5.88 Å². The Bertz CT molecular complexity index is 380. The van der Waals surface area contributed by atoms with E-state index in [1.807, 2.05) is 13.0 Å². The van der Waals surface area contributed by atoms with Crippen molar-refractivity contribution in [1.82, 2.24) is 15.6 Å². The number of urea groups is 1. The van der Waals surface area contributed by atoms with Crippen molar-refractivity contribution >= 4 is 6.03 Å². The second-order valence-corrected chi connectivity index (χ2v) is 3.25. The third-order valence-corrected chi connectivity index (χ3v) is 1.98. The Labute approximate surface area is 101 Å². The predicted molar refractivity (Wildman–Crippen MR) is 65.8 cm³/mol. The van der Waals surface area contributed by atoms with Crippen LogP contribution in [0.15, 0.2) is 31.0 Å². The van der Waals surface area contributed by atoms with E-state index in [-0.39, 0.29) is 6.03 Å². The Hall–Kier alpha value is -2.04. The molecule has 1 rings (SSSR count). The van der Waals surface area contributed by atoms with Crippen LogP contribution >= 0.6 is 0 Å². The number of rotatable bonds is 6. The van der Waals surface area contributed by atoms with Crippen LogP contribution in [0, 0.1) is 0 Å². The number of hydrogen-bond acceptors (Lipinski definition) is 3. The highest BCUT2D eigenvalue weighted by atomic mass is 16.5. The van der Waals surface area contributed by atoms with E-state index in [0.717, 1.165) is 5.56 Å². The lowest BCUT2D eigenvalue weighted by Gasteiger charge is -2.09. The van der Waals surface area contributed by atoms with Gasteiger partial charge in [-0.05, 0) is 13.0 Å². The maximum atomic E-state index is 11.3. The molecule has 0 aromatic carbocycles. The summed E-state index contributed by atoms with van der Waals surface area (Å²) in [5, 5.41) is 5.34. The number of hydrogen-bond donors (Lipinski definition) is 2. The van der Waals surface area contributed by atoms with Crippen LogP contribution in [0.5, 0.6) is 5.88 Å². The number of nitrogens with zero attached hydrogens (tertiary/aromatic N) is 1. The molecule has 17 heavy (non-hydrogen) atoms. The average Bonchev–Trinajstić information content (AvgIpc) is 2.35. The zero-order valence-corrected chi connectivity index (χ0v) is 9.90. The Balaban J connectivity index is 2.50. The van der Waals surface area contributed by atoms with Crippen molar-refractivity contribution < 1.29 is 9.53 Å². The summed E-state index contributed by atoms with van der Waals surface area (Å²) in [5.74, 6) is 0.555. The molecule has 5 heteroatoms. The molecule has 0 bridgehead atoms. The maximum absolute atomic E-state index is 11.3. The van der Waals surface area contributed by atoms with Gasteiger partial charge < -0.3 is 15.4 Å². The van der Waals surface area contributed by atoms with Crippen LogP contribution in [0.2, 0.25) is 0 Å². The first kappa shape index (κ1) is 13.0. The Morgan fingerprint density at radius 2 is 2.41 bits per heavy atom. The minimum atomic E-state index is -0.240. The van der Waals surface area contributed by atoms with Gasteiger partial charge in [0.1, 0.15) is 0 Å². The molecule has 0 fully saturated rings. The summed E-state index contributed by atoms with van der Waals surface area (Å²) in [4.78, 5) is 15.4. The van der Waals surface area contributed by atoms with Crippen LogP contribution < -0.4 is 15.4 Å². The average molecular weight is 235 g/mol. The fourth-order valence-electron chi connectivity index (χ4n) is 1.23. The zero-order valence-electron chi connectivity index (χ0n) is 9.90. The lowest BCUT2D eigenvalue weighted by molar-refractivity contribution is 0.241. The monoisotopic (exact) mass is 235 g/mol. The number of nitrogens with one attached hydrogen (secondary N) is 2. The Morgan fingerprint density at radius 1 is 1.59 bits per heavy atom. The number of aromatic nitrogens is 1. The summed E-state index contributed by atoms with van der Waals surface area (Å²) in [6.07, 6.45) is 3.28. The van der Waals surface area contributed by atoms with E-state index >= 15 is 0 Å². The maximum Gasteiger partial charge on any atom is 0.315 e. The molecule has 1 aromatic rings. The van der Waals surface area contributed by atoms with Crippen molar-refractivity contribution in [1.29, 1.82) is 0 Å². The third kappa shape index (κ3) is 4.55. The van der Waals surface area contributed by atoms with Gasteiger partial charge in [-0.15, -0.1) is 6.58 Å². The van der Waals surface area contributed by atoms with Crippen molar-refractivity contribution in [2.75, 3.05) is 13.2 Å². The Kier molecular flexibility index (Phi) is 5.57. The van der Waals surface area contributed by atoms with E-state index in [9.17, 15) is 4.79 Å². The van der Waals surface area contributed by atoms with Crippen LogP contribution in [0.1, 0.15) is 12.5 Å². The number of amides is 2. The standard InChI is InChI=1S/C12H17N3O2/c1-3-7-14-12(16)15-9-10-6-5-8-13-11(10)17-4-2/h3,5-6,8H,1,4,7,9H2,2H3,(H2,14,15,16). The second kappa shape index (κ2) is 7.27. The molecular weight excluding hydrogens is 218 g/mol. The van der Waals surface area contributed by atoms with Crippen molar-refractivity contribution in [3.63, 3.8) is 0 Å². The van der Waals surface area contributed by atoms with E-state index < -0.39 is 0 Å². The third-order valence-electron chi connectivity index (χ3n) is 1.98. The molecular formula is C12H17N3O2. The molecule has 92 valence electrons. The summed E-state index contributed by atoms with van der Waals surface area (Å²) >= 11 is 0. The smallest absolute Gasteiger partial charge is 0.315 e. The van der Waals surface area contributed by atoms with Gasteiger partial charge >= 0.3 is 6.03 Å². The molecule has 0 saturated carbocycles. The highest BCUT2D eigenvalue weighted by molar-refractivity contribution is 5.74. The fourth-order valence-corrected chi connectivity index (χ4v) is 1.23. The van der Waals surface area contributed by atoms with E-state index in [4.69, 9.17) is 4.74 Å². The molecule has 0 spiro atoms. The molecule has 0 unspecified atom stereocenters. The van der Waals surface area contributed by atoms with Crippen LogP contribution in [0.3, 0.4) is 0 Å². The van der Waals surface area contributed by atoms with Crippen molar-refractivity contribution in [2.45, 2.75) is 13.5 Å². The SMILES string of the molecule is C=CCNC(=O)NCc1cccnc1OCC. The number of ether oxygens (including phenoxy) is 1. The minimum Gasteiger partial charge on any atom is -0.478 e. The molecule has 1 aromatic heterocycles. The van der Waals surface area contributed by atoms with E-state index in [2.05, 4.69) is 22.2 Å². The van der Waals surface area contributed by atoms with Gasteiger partial charge in [-0.2, -0.15) is 0 Å². The van der Waals surface area contributed by atoms with E-state index in [0.29, 0.717) is 25.6 Å². The summed E-state index contributed by atoms with van der Waals surface area (Å²) < 4.78 is 5.35. The lowest BCUT2D eigenvalue weighted by atomic mass is 10.2. The lowest BCUT2D eigenvalue weighted by Crippen LogP contribution is -2.35. The quantitative estimate of drug-likeness (QED) is 0.734. The number of carbonyl (C=O) groups is 1. The van der Waals surface area contributed by atoms with Gasteiger partial charge in [0, 0.05) is 24.8 Å². The van der Waals surface area contributed by atoms with Gasteiger partial charge in [-0.1, -0.05) is 12.1 Å². The van der Waals surface area contributed by atoms with Gasteiger partial charge in [-0.25, -0.2) is 9.78 Å². The second-order valence-electron chi connectivity index (χ2n) is 3.25. The summed E-state index contributed by atoms with van der Waals surface area (Å²) in [6, 6.07) is 3.43. The van der Waals surface area contributed by atoms with Crippen molar-refractivity contribution in [3.8, 4) is 5.88 Å². The highest BCUT2D eigenvalue weighted by Gasteiger charge is 2.05. The molecule has 0 aliphatic heterocycles. The van der Waals surface area contributed by atoms with Crippen molar-refractivity contribution in [2.24, 2.45) is 0 Å². The normalized spacial score (nSPS) is 9.47. The highest BCUT2D eigenvalue weighted by Crippen LogP contribution is 2.13. The van der Waals surface area contributed by atoms with Crippen LogP contribution in [-0.2, 0) is 6.54 Å².